The van der Waals surface area contributed by atoms with Crippen molar-refractivity contribution in [3.63, 3.8) is 0 Å². The van der Waals surface area contributed by atoms with E-state index in [1.54, 1.807) is 13.3 Å². The van der Waals surface area contributed by atoms with E-state index in [0.29, 0.717) is 0 Å². The fourth-order valence-corrected chi connectivity index (χ4v) is 0.447. The summed E-state index contributed by atoms with van der Waals surface area (Å²) in [4.78, 5) is 0. The second-order valence-electron chi connectivity index (χ2n) is 0.859. The number of nitrogens with zero attached hydrogens (tertiary/aromatic N) is 1. The molecule has 0 rings (SSSR count). The van der Waals surface area contributed by atoms with Crippen LogP contribution in [0.5, 0.6) is 0 Å². The highest BCUT2D eigenvalue weighted by molar-refractivity contribution is 6.26. The van der Waals surface area contributed by atoms with Gasteiger partial charge in [-0.2, -0.15) is 0 Å². The van der Waals surface area contributed by atoms with E-state index >= 15 is 0 Å². The Balaban J connectivity index is 2.66. The number of rotatable bonds is 2. The van der Waals surface area contributed by atoms with E-state index in [0.717, 1.165) is 0 Å². The molecule has 0 unspecified atom stereocenters. The van der Waals surface area contributed by atoms with Crippen LogP contribution < -0.4 is 0 Å². The Kier molecular flexibility index (Phi) is 4.72. The zero-order valence-corrected chi connectivity index (χ0v) is 5.55. The molecule has 0 amide bonds. The molecular weight excluding hydrogens is 94.1 g/mol. The molecule has 36 valence electrons. The van der Waals surface area contributed by atoms with E-state index in [2.05, 4.69) is 4.66 Å². The van der Waals surface area contributed by atoms with Gasteiger partial charge in [-0.3, -0.25) is 0 Å². The first-order chi connectivity index (χ1) is 2.91. The van der Waals surface area contributed by atoms with Crippen molar-refractivity contribution in [1.29, 1.82) is 0 Å². The molecule has 0 bridgehead atoms. The summed E-state index contributed by atoms with van der Waals surface area (Å²) in [6.07, 6.45) is 1.77. The van der Waals surface area contributed by atoms with Crippen LogP contribution in [0, 0.1) is 0 Å². The summed E-state index contributed by atoms with van der Waals surface area (Å²) in [5.41, 5.74) is 0. The van der Waals surface area contributed by atoms with Crippen LogP contribution in [0.2, 0.25) is 0 Å². The first-order valence-electron chi connectivity index (χ1n) is 1.85. The predicted molar refractivity (Wildman–Crippen MR) is 29.7 cm³/mol. The highest BCUT2D eigenvalue weighted by atomic mass is 28.2. The van der Waals surface area contributed by atoms with Gasteiger partial charge in [0.25, 0.3) is 9.92 Å². The van der Waals surface area contributed by atoms with Crippen molar-refractivity contribution in [2.75, 3.05) is 7.11 Å². The van der Waals surface area contributed by atoms with E-state index in [1.807, 2.05) is 6.92 Å². The largest absolute Gasteiger partial charge is 0.406 e. The average molecular weight is 103 g/mol. The molecule has 0 aliphatic rings. The van der Waals surface area contributed by atoms with Gasteiger partial charge in [0.05, 0.1) is 0 Å². The van der Waals surface area contributed by atoms with E-state index in [-0.39, 0.29) is 0 Å². The summed E-state index contributed by atoms with van der Waals surface area (Å²) in [5.74, 6) is 0. The first-order valence-corrected chi connectivity index (χ1v) is 3.06. The van der Waals surface area contributed by atoms with E-state index in [1.165, 1.54) is 0 Å². The molecular formula is C3H9NOSi. The minimum absolute atomic E-state index is 0.509. The normalized spacial score (nSPS) is 12.3. The summed E-state index contributed by atoms with van der Waals surface area (Å²) in [7, 11) is 1.17. The quantitative estimate of drug-likeness (QED) is 0.348. The molecule has 0 aliphatic carbocycles. The fraction of sp³-hybridized carbons (Fsp3) is 0.667. The van der Waals surface area contributed by atoms with Crippen LogP contribution in [-0.4, -0.2) is 23.2 Å². The molecule has 0 aromatic heterocycles. The lowest BCUT2D eigenvalue weighted by Gasteiger charge is -1.80. The molecule has 6 heavy (non-hydrogen) atoms. The van der Waals surface area contributed by atoms with Crippen LogP contribution >= 0.6 is 0 Å². The van der Waals surface area contributed by atoms with E-state index in [4.69, 9.17) is 4.43 Å². The molecule has 0 heterocycles. The monoisotopic (exact) mass is 103 g/mol. The molecule has 0 aromatic rings. The third-order valence-electron chi connectivity index (χ3n) is 0.386. The first kappa shape index (κ1) is 5.85. The topological polar surface area (TPSA) is 21.6 Å². The molecule has 0 saturated heterocycles. The van der Waals surface area contributed by atoms with Gasteiger partial charge < -0.3 is 9.08 Å². The van der Waals surface area contributed by atoms with Crippen LogP contribution in [-0.2, 0) is 4.43 Å². The average Bonchev–Trinajstić information content (AvgIpc) is 1.61. The lowest BCUT2D eigenvalue weighted by molar-refractivity contribution is 0.443. The molecule has 0 aromatic carbocycles. The van der Waals surface area contributed by atoms with Gasteiger partial charge >= 0.3 is 0 Å². The minimum atomic E-state index is -0.509. The van der Waals surface area contributed by atoms with Crippen molar-refractivity contribution in [3.8, 4) is 0 Å². The minimum Gasteiger partial charge on any atom is -0.406 e. The Bertz CT molecular complexity index is 46.1. The van der Waals surface area contributed by atoms with Crippen LogP contribution in [0.15, 0.2) is 4.66 Å². The lowest BCUT2D eigenvalue weighted by atomic mass is 10.9. The van der Waals surface area contributed by atoms with E-state index in [9.17, 15) is 0 Å². The maximum absolute atomic E-state index is 4.72. The molecule has 2 nitrogen and oxygen atoms in total. The highest BCUT2D eigenvalue weighted by Gasteiger charge is 1.65. The molecule has 0 N–H and O–H groups in total. The number of hydrogen-bond donors (Lipinski definition) is 0. The van der Waals surface area contributed by atoms with Gasteiger partial charge in [-0.05, 0) is 13.1 Å². The summed E-state index contributed by atoms with van der Waals surface area (Å²) in [6, 6.07) is 0. The van der Waals surface area contributed by atoms with Crippen LogP contribution in [0.4, 0.5) is 0 Å². The molecule has 0 radical (unpaired) electrons. The van der Waals surface area contributed by atoms with Gasteiger partial charge in [0.2, 0.25) is 0 Å². The van der Waals surface area contributed by atoms with Crippen molar-refractivity contribution in [2.45, 2.75) is 6.92 Å². The van der Waals surface area contributed by atoms with Crippen molar-refractivity contribution in [1.82, 2.24) is 0 Å². The SMILES string of the molecule is CC=N[SiH2]OC. The molecule has 0 spiro atoms. The molecule has 0 fully saturated rings. The van der Waals surface area contributed by atoms with Crippen molar-refractivity contribution >= 4 is 16.1 Å². The summed E-state index contributed by atoms with van der Waals surface area (Å²) in [5, 5.41) is 0. The Morgan fingerprint density at radius 1 is 1.83 bits per heavy atom. The van der Waals surface area contributed by atoms with Crippen LogP contribution in [0.3, 0.4) is 0 Å². The maximum atomic E-state index is 4.72. The third-order valence-corrected chi connectivity index (χ3v) is 1.16. The second-order valence-corrected chi connectivity index (χ2v) is 2.06. The Morgan fingerprint density at radius 2 is 2.50 bits per heavy atom. The van der Waals surface area contributed by atoms with Gasteiger partial charge in [0, 0.05) is 7.11 Å². The zero-order valence-electron chi connectivity index (χ0n) is 4.14. The van der Waals surface area contributed by atoms with Crippen molar-refractivity contribution in [2.24, 2.45) is 4.66 Å². The molecule has 0 aliphatic heterocycles. The maximum Gasteiger partial charge on any atom is 0.285 e. The zero-order chi connectivity index (χ0) is 4.83. The van der Waals surface area contributed by atoms with E-state index < -0.39 is 9.92 Å². The van der Waals surface area contributed by atoms with Crippen LogP contribution in [0.25, 0.3) is 0 Å². The Labute approximate surface area is 40.3 Å². The molecule has 0 atom stereocenters. The molecule has 0 saturated carbocycles. The Morgan fingerprint density at radius 3 is 2.67 bits per heavy atom. The second kappa shape index (κ2) is 4.85. The van der Waals surface area contributed by atoms with Crippen molar-refractivity contribution < 1.29 is 4.43 Å². The summed E-state index contributed by atoms with van der Waals surface area (Å²) in [6.45, 7) is 1.89. The highest BCUT2D eigenvalue weighted by Crippen LogP contribution is 1.58. The standard InChI is InChI=1S/C3H9NOSi/c1-3-4-6-5-2/h3H,6H2,1-2H3. The van der Waals surface area contributed by atoms with Crippen molar-refractivity contribution in [3.05, 3.63) is 0 Å². The lowest BCUT2D eigenvalue weighted by Crippen LogP contribution is -1.86. The Hall–Kier alpha value is -0.153. The summed E-state index contributed by atoms with van der Waals surface area (Å²) >= 11 is 0. The smallest absolute Gasteiger partial charge is 0.285 e. The fourth-order valence-electron chi connectivity index (χ4n) is 0.149. The number of hydrogen-bond acceptors (Lipinski definition) is 2. The van der Waals surface area contributed by atoms with Gasteiger partial charge in [0.1, 0.15) is 0 Å². The summed E-state index contributed by atoms with van der Waals surface area (Å²) < 4.78 is 8.61. The van der Waals surface area contributed by atoms with Gasteiger partial charge in [-0.25, -0.2) is 0 Å². The molecule has 3 heteroatoms. The van der Waals surface area contributed by atoms with Gasteiger partial charge in [-0.15, -0.1) is 0 Å². The van der Waals surface area contributed by atoms with Crippen LogP contribution in [0.1, 0.15) is 6.92 Å². The predicted octanol–water partition coefficient (Wildman–Crippen LogP) is -0.278. The third kappa shape index (κ3) is 3.85. The van der Waals surface area contributed by atoms with Gasteiger partial charge in [0.15, 0.2) is 0 Å². The van der Waals surface area contributed by atoms with Gasteiger partial charge in [-0.1, -0.05) is 0 Å².